The van der Waals surface area contributed by atoms with Gasteiger partial charge < -0.3 is 10.1 Å². The summed E-state index contributed by atoms with van der Waals surface area (Å²) in [6, 6.07) is 13.4. The van der Waals surface area contributed by atoms with Crippen molar-refractivity contribution in [3.63, 3.8) is 0 Å². The summed E-state index contributed by atoms with van der Waals surface area (Å²) in [4.78, 5) is 12.3. The Morgan fingerprint density at radius 1 is 1.22 bits per heavy atom. The summed E-state index contributed by atoms with van der Waals surface area (Å²) >= 11 is 1.27. The van der Waals surface area contributed by atoms with Crippen molar-refractivity contribution in [2.45, 2.75) is 25.9 Å². The van der Waals surface area contributed by atoms with E-state index in [-0.39, 0.29) is 11.7 Å². The van der Waals surface area contributed by atoms with Crippen LogP contribution in [0.2, 0.25) is 0 Å². The van der Waals surface area contributed by atoms with Crippen LogP contribution in [0.5, 0.6) is 5.75 Å². The van der Waals surface area contributed by atoms with Crippen molar-refractivity contribution in [2.75, 3.05) is 17.7 Å². The summed E-state index contributed by atoms with van der Waals surface area (Å²) in [6.45, 7) is 6.46. The van der Waals surface area contributed by atoms with Gasteiger partial charge in [-0.3, -0.25) is 4.79 Å². The number of carbonyl (C=O) groups is 1. The Bertz CT molecular complexity index is 941. The topological polar surface area (TPSA) is 81.9 Å². The molecule has 0 bridgehead atoms. The minimum Gasteiger partial charge on any atom is -0.492 e. The predicted molar refractivity (Wildman–Crippen MR) is 106 cm³/mol. The van der Waals surface area contributed by atoms with Crippen LogP contribution >= 0.6 is 11.8 Å². The smallest absolute Gasteiger partial charge is 0.234 e. The van der Waals surface area contributed by atoms with Gasteiger partial charge >= 0.3 is 0 Å². The van der Waals surface area contributed by atoms with E-state index in [4.69, 9.17) is 4.74 Å². The van der Waals surface area contributed by atoms with Crippen molar-refractivity contribution in [1.82, 2.24) is 20.2 Å². The van der Waals surface area contributed by atoms with E-state index in [0.29, 0.717) is 17.5 Å². The minimum atomic E-state index is -0.111. The summed E-state index contributed by atoms with van der Waals surface area (Å²) < 4.78 is 7.22. The van der Waals surface area contributed by atoms with Gasteiger partial charge in [0.1, 0.15) is 11.4 Å². The molecule has 0 unspecified atom stereocenters. The number of para-hydroxylation sites is 2. The summed E-state index contributed by atoms with van der Waals surface area (Å²) in [5.74, 6) is 0.776. The van der Waals surface area contributed by atoms with Crippen LogP contribution in [0.25, 0.3) is 5.69 Å². The normalized spacial score (nSPS) is 10.6. The third kappa shape index (κ3) is 4.65. The average Bonchev–Trinajstić information content (AvgIpc) is 3.11. The van der Waals surface area contributed by atoms with Gasteiger partial charge in [0.25, 0.3) is 0 Å². The molecule has 27 heavy (non-hydrogen) atoms. The van der Waals surface area contributed by atoms with Crippen LogP contribution in [0.1, 0.15) is 18.1 Å². The Morgan fingerprint density at radius 2 is 2.04 bits per heavy atom. The lowest BCUT2D eigenvalue weighted by Gasteiger charge is -2.11. The van der Waals surface area contributed by atoms with Gasteiger partial charge in [-0.1, -0.05) is 41.6 Å². The third-order valence-electron chi connectivity index (χ3n) is 3.82. The van der Waals surface area contributed by atoms with Crippen LogP contribution in [0.15, 0.2) is 47.6 Å². The van der Waals surface area contributed by atoms with E-state index in [1.807, 2.05) is 63.2 Å². The molecule has 1 amide bonds. The van der Waals surface area contributed by atoms with E-state index in [0.717, 1.165) is 22.5 Å². The first kappa shape index (κ1) is 18.9. The number of ether oxygens (including phenoxy) is 1. The van der Waals surface area contributed by atoms with E-state index in [1.54, 1.807) is 4.68 Å². The van der Waals surface area contributed by atoms with Crippen LogP contribution in [0.3, 0.4) is 0 Å². The summed E-state index contributed by atoms with van der Waals surface area (Å²) in [5, 5.41) is 15.3. The molecule has 140 valence electrons. The number of thioether (sulfide) groups is 1. The number of hydrogen-bond donors (Lipinski definition) is 1. The molecule has 1 N–H and O–H groups in total. The molecule has 0 aliphatic carbocycles. The molecule has 3 rings (SSSR count). The van der Waals surface area contributed by atoms with Crippen LogP contribution in [-0.2, 0) is 4.79 Å². The summed E-state index contributed by atoms with van der Waals surface area (Å²) in [6.07, 6.45) is 0. The quantitative estimate of drug-likeness (QED) is 0.630. The fourth-order valence-corrected chi connectivity index (χ4v) is 3.28. The number of nitrogens with zero attached hydrogens (tertiary/aromatic N) is 4. The number of anilines is 1. The van der Waals surface area contributed by atoms with Gasteiger partial charge in [0.15, 0.2) is 0 Å². The predicted octanol–water partition coefficient (Wildman–Crippen LogP) is 3.41. The van der Waals surface area contributed by atoms with E-state index >= 15 is 0 Å². The van der Waals surface area contributed by atoms with Crippen LogP contribution in [0, 0.1) is 13.8 Å². The maximum Gasteiger partial charge on any atom is 0.234 e. The zero-order valence-electron chi connectivity index (χ0n) is 15.5. The second-order valence-corrected chi connectivity index (χ2v) is 6.87. The number of amides is 1. The standard InChI is InChI=1S/C19H21N5O2S/c1-4-26-17-8-6-5-7-16(17)24-19(21-22-23-24)27-12-18(25)20-15-10-9-13(2)11-14(15)3/h5-11H,4,12H2,1-3H3,(H,20,25). The van der Waals surface area contributed by atoms with E-state index in [9.17, 15) is 4.79 Å². The molecule has 3 aromatic rings. The maximum absolute atomic E-state index is 12.3. The van der Waals surface area contributed by atoms with Crippen molar-refractivity contribution in [1.29, 1.82) is 0 Å². The maximum atomic E-state index is 12.3. The molecule has 0 aliphatic rings. The van der Waals surface area contributed by atoms with Gasteiger partial charge in [0.2, 0.25) is 11.1 Å². The van der Waals surface area contributed by atoms with Crippen molar-refractivity contribution >= 4 is 23.4 Å². The zero-order chi connectivity index (χ0) is 19.2. The molecule has 0 aliphatic heterocycles. The highest BCUT2D eigenvalue weighted by Gasteiger charge is 2.15. The van der Waals surface area contributed by atoms with Crippen molar-refractivity contribution in [3.05, 3.63) is 53.6 Å². The molecule has 0 atom stereocenters. The largest absolute Gasteiger partial charge is 0.492 e. The molecule has 8 heteroatoms. The highest BCUT2D eigenvalue weighted by Crippen LogP contribution is 2.26. The monoisotopic (exact) mass is 383 g/mol. The minimum absolute atomic E-state index is 0.111. The van der Waals surface area contributed by atoms with Gasteiger partial charge in [-0.15, -0.1) is 5.10 Å². The van der Waals surface area contributed by atoms with Crippen molar-refractivity contribution in [3.8, 4) is 11.4 Å². The van der Waals surface area contributed by atoms with E-state index in [1.165, 1.54) is 11.8 Å². The fraction of sp³-hybridized carbons (Fsp3) is 0.263. The van der Waals surface area contributed by atoms with E-state index < -0.39 is 0 Å². The molecule has 7 nitrogen and oxygen atoms in total. The van der Waals surface area contributed by atoms with Crippen LogP contribution in [-0.4, -0.2) is 38.5 Å². The molecule has 0 saturated carbocycles. The van der Waals surface area contributed by atoms with Crippen LogP contribution in [0.4, 0.5) is 5.69 Å². The number of nitrogens with one attached hydrogen (secondary N) is 1. The number of carbonyl (C=O) groups excluding carboxylic acids is 1. The van der Waals surface area contributed by atoms with Gasteiger partial charge in [-0.05, 0) is 55.0 Å². The third-order valence-corrected chi connectivity index (χ3v) is 4.74. The Hall–Kier alpha value is -2.87. The first-order valence-corrected chi connectivity index (χ1v) is 9.57. The van der Waals surface area contributed by atoms with Gasteiger partial charge in [-0.25, -0.2) is 0 Å². The van der Waals surface area contributed by atoms with Gasteiger partial charge in [0, 0.05) is 5.69 Å². The summed E-state index contributed by atoms with van der Waals surface area (Å²) in [7, 11) is 0. The SMILES string of the molecule is CCOc1ccccc1-n1nnnc1SCC(=O)Nc1ccc(C)cc1C. The van der Waals surface area contributed by atoms with Gasteiger partial charge in [-0.2, -0.15) is 4.68 Å². The number of tetrazole rings is 1. The first-order valence-electron chi connectivity index (χ1n) is 8.59. The molecule has 2 aromatic carbocycles. The van der Waals surface area contributed by atoms with Crippen molar-refractivity contribution < 1.29 is 9.53 Å². The lowest BCUT2D eigenvalue weighted by atomic mass is 10.1. The second-order valence-electron chi connectivity index (χ2n) is 5.93. The zero-order valence-corrected chi connectivity index (χ0v) is 16.3. The number of hydrogen-bond acceptors (Lipinski definition) is 6. The number of aromatic nitrogens is 4. The van der Waals surface area contributed by atoms with Gasteiger partial charge in [0.05, 0.1) is 12.4 Å². The Morgan fingerprint density at radius 3 is 2.81 bits per heavy atom. The van der Waals surface area contributed by atoms with Crippen LogP contribution < -0.4 is 10.1 Å². The lowest BCUT2D eigenvalue weighted by molar-refractivity contribution is -0.113. The number of rotatable bonds is 7. The Kier molecular flexibility index (Phi) is 6.08. The highest BCUT2D eigenvalue weighted by molar-refractivity contribution is 7.99. The molecule has 1 heterocycles. The number of aryl methyl sites for hydroxylation is 2. The first-order chi connectivity index (χ1) is 13.1. The summed E-state index contributed by atoms with van der Waals surface area (Å²) in [5.41, 5.74) is 3.74. The molecule has 0 saturated heterocycles. The molecule has 0 radical (unpaired) electrons. The molecular weight excluding hydrogens is 362 g/mol. The Labute approximate surface area is 162 Å². The van der Waals surface area contributed by atoms with Crippen molar-refractivity contribution in [2.24, 2.45) is 0 Å². The lowest BCUT2D eigenvalue weighted by Crippen LogP contribution is -2.15. The highest BCUT2D eigenvalue weighted by atomic mass is 32.2. The second kappa shape index (κ2) is 8.68. The Balaban J connectivity index is 1.69. The van der Waals surface area contributed by atoms with E-state index in [2.05, 4.69) is 20.8 Å². The molecule has 0 fully saturated rings. The number of benzene rings is 2. The average molecular weight is 383 g/mol. The molecule has 0 spiro atoms. The molecular formula is C19H21N5O2S. The molecule has 1 aromatic heterocycles. The fourth-order valence-electron chi connectivity index (χ4n) is 2.60.